The van der Waals surface area contributed by atoms with E-state index in [-0.39, 0.29) is 21.7 Å². The molecule has 0 bridgehead atoms. The van der Waals surface area contributed by atoms with E-state index in [2.05, 4.69) is 203 Å². The van der Waals surface area contributed by atoms with E-state index in [1.165, 1.54) is 61.7 Å². The van der Waals surface area contributed by atoms with E-state index in [9.17, 15) is 0 Å². The molecule has 0 aromatic heterocycles. The van der Waals surface area contributed by atoms with Gasteiger partial charge in [0.05, 0.1) is 0 Å². The van der Waals surface area contributed by atoms with Gasteiger partial charge in [0.15, 0.2) is 0 Å². The first-order valence-corrected chi connectivity index (χ1v) is 39.3. The summed E-state index contributed by atoms with van der Waals surface area (Å²) in [6.45, 7) is 33.4. The van der Waals surface area contributed by atoms with Gasteiger partial charge in [-0.25, -0.2) is 0 Å². The van der Waals surface area contributed by atoms with Gasteiger partial charge in [-0.05, 0) is 0 Å². The van der Waals surface area contributed by atoms with Crippen molar-refractivity contribution >= 4 is 17.6 Å². The number of allylic oxidation sites excluding steroid dienone is 2. The Balaban J connectivity index is 1.52. The second kappa shape index (κ2) is 13.3. The monoisotopic (exact) mass is 888 g/mol. The van der Waals surface area contributed by atoms with Crippen LogP contribution in [0.5, 0.6) is 0 Å². The zero-order chi connectivity index (χ0) is 39.1. The molecular weight excluding hydrogens is 819 g/mol. The Hall–Kier alpha value is -2.55. The third-order valence-corrected chi connectivity index (χ3v) is 72.7. The molecule has 2 heteroatoms. The van der Waals surface area contributed by atoms with Crippen molar-refractivity contribution in [3.8, 4) is 22.3 Å². The molecule has 0 amide bonds. The van der Waals surface area contributed by atoms with E-state index >= 15 is 0 Å². The summed E-state index contributed by atoms with van der Waals surface area (Å²) in [5.74, 6) is 0. The third-order valence-electron chi connectivity index (χ3n) is 13.6. The molecule has 2 aliphatic carbocycles. The maximum absolute atomic E-state index is 3.91. The van der Waals surface area contributed by atoms with Gasteiger partial charge in [0.25, 0.3) is 0 Å². The summed E-state index contributed by atoms with van der Waals surface area (Å²) >= 11 is -3.91. The van der Waals surface area contributed by atoms with Gasteiger partial charge < -0.3 is 0 Å². The summed E-state index contributed by atoms with van der Waals surface area (Å²) in [6.07, 6.45) is 10.4. The number of hydrogen-bond donors (Lipinski definition) is 0. The van der Waals surface area contributed by atoms with Crippen molar-refractivity contribution in [3.63, 3.8) is 0 Å². The van der Waals surface area contributed by atoms with E-state index in [0.717, 1.165) is 0 Å². The summed E-state index contributed by atoms with van der Waals surface area (Å²) in [4.78, 5) is 0. The summed E-state index contributed by atoms with van der Waals surface area (Å²) in [5, 5.41) is 0. The van der Waals surface area contributed by atoms with Crippen LogP contribution in [-0.2, 0) is 38.8 Å². The molecule has 0 saturated carbocycles. The SMILES string of the molecule is CC[Si](C)=[Hf]([CH3])([CH3])([CH]1C=Cc2c(-c3cc(C(C)(C)C)cc(C(C)(C)C)c3)cccc21)[CH]1C=Cc2c(-c3cc(C(C)(C)C)cc(C(C)(C)C)c3)cccc21. The fraction of sp³-hybridized carbons (Fsp3) is 0.451. The Kier molecular flexibility index (Phi) is 10.1. The summed E-state index contributed by atoms with van der Waals surface area (Å²) in [5.41, 5.74) is 17.0. The number of benzene rings is 4. The van der Waals surface area contributed by atoms with Gasteiger partial charge in [-0.3, -0.25) is 0 Å². The van der Waals surface area contributed by atoms with Crippen LogP contribution in [0.2, 0.25) is 22.0 Å². The van der Waals surface area contributed by atoms with Crippen LogP contribution in [0.3, 0.4) is 0 Å². The van der Waals surface area contributed by atoms with Crippen molar-refractivity contribution in [1.29, 1.82) is 0 Å². The van der Waals surface area contributed by atoms with Crippen LogP contribution in [-0.4, -0.2) is 5.49 Å². The molecule has 0 fully saturated rings. The maximum atomic E-state index is 2.87. The minimum atomic E-state index is -3.91. The summed E-state index contributed by atoms with van der Waals surface area (Å²) in [7, 11) is 0. The Labute approximate surface area is 325 Å². The van der Waals surface area contributed by atoms with Crippen molar-refractivity contribution in [2.24, 2.45) is 0 Å². The standard InChI is InChI=1S/2C23H27.C3H8Si.2CH3.Hf/c2*1-22(2,3)18-13-17(14-19(15-18)23(4,5)6)21-12-8-10-16-9-7-11-20(16)21;1-3-4-2;;;/h2*7-15H,1-6H3;3H2,1-2H3;2*1H3;. The van der Waals surface area contributed by atoms with E-state index < -0.39 is 22.6 Å². The average molecular weight is 888 g/mol. The van der Waals surface area contributed by atoms with Crippen LogP contribution in [0, 0.1) is 0 Å². The Morgan fingerprint density at radius 1 is 0.509 bits per heavy atom. The predicted octanol–water partition coefficient (Wildman–Crippen LogP) is 15.5. The van der Waals surface area contributed by atoms with Crippen LogP contribution < -0.4 is 0 Å². The summed E-state index contributed by atoms with van der Waals surface area (Å²) in [6, 6.07) is 30.7. The van der Waals surface area contributed by atoms with Gasteiger partial charge >= 0.3 is 327 Å². The third kappa shape index (κ3) is 7.07. The van der Waals surface area contributed by atoms with Crippen molar-refractivity contribution in [2.75, 3.05) is 0 Å². The first kappa shape index (κ1) is 40.1. The Morgan fingerprint density at radius 3 is 1.11 bits per heavy atom. The molecule has 4 aromatic carbocycles. The Morgan fingerprint density at radius 2 is 0.830 bits per heavy atom. The molecule has 0 radical (unpaired) electrons. The average Bonchev–Trinajstić information content (AvgIpc) is 3.72. The number of fused-ring (bicyclic) bond motifs is 2. The molecule has 6 rings (SSSR count). The second-order valence-corrected chi connectivity index (χ2v) is 69.2. The van der Waals surface area contributed by atoms with E-state index in [0.29, 0.717) is 7.35 Å². The van der Waals surface area contributed by atoms with Crippen LogP contribution in [0.1, 0.15) is 142 Å². The molecule has 2 aliphatic rings. The molecule has 0 nitrogen and oxygen atoms in total. The van der Waals surface area contributed by atoms with Crippen molar-refractivity contribution in [1.82, 2.24) is 0 Å². The fourth-order valence-electron chi connectivity index (χ4n) is 9.31. The van der Waals surface area contributed by atoms with E-state index in [1.807, 2.05) is 0 Å². The topological polar surface area (TPSA) is 0 Å². The van der Waals surface area contributed by atoms with Gasteiger partial charge in [0.2, 0.25) is 0 Å². The number of rotatable bonds is 5. The molecule has 4 aromatic rings. The Bertz CT molecular complexity index is 2010. The zero-order valence-corrected chi connectivity index (χ0v) is 40.7. The van der Waals surface area contributed by atoms with Crippen LogP contribution in [0.15, 0.2) is 84.9 Å². The molecular formula is C51H68HfSi. The predicted molar refractivity (Wildman–Crippen MR) is 236 cm³/mol. The van der Waals surface area contributed by atoms with Gasteiger partial charge in [0, 0.05) is 0 Å². The molecule has 0 N–H and O–H groups in total. The fourth-order valence-corrected chi connectivity index (χ4v) is 54.1. The molecule has 0 saturated heterocycles. The molecule has 2 unspecified atom stereocenters. The van der Waals surface area contributed by atoms with Crippen LogP contribution in [0.4, 0.5) is 0 Å². The van der Waals surface area contributed by atoms with E-state index in [1.54, 1.807) is 11.1 Å². The molecule has 0 spiro atoms. The zero-order valence-electron chi connectivity index (χ0n) is 36.1. The summed E-state index contributed by atoms with van der Waals surface area (Å²) < 4.78 is 6.79. The van der Waals surface area contributed by atoms with Crippen molar-refractivity contribution in [2.45, 2.75) is 141 Å². The van der Waals surface area contributed by atoms with Crippen molar-refractivity contribution in [3.05, 3.63) is 129 Å². The van der Waals surface area contributed by atoms with Gasteiger partial charge in [-0.2, -0.15) is 0 Å². The van der Waals surface area contributed by atoms with Gasteiger partial charge in [-0.1, -0.05) is 0 Å². The van der Waals surface area contributed by atoms with E-state index in [4.69, 9.17) is 0 Å². The minimum absolute atomic E-state index is 0.0827. The first-order chi connectivity index (χ1) is 24.3. The normalized spacial score (nSPS) is 17.7. The van der Waals surface area contributed by atoms with Crippen LogP contribution >= 0.6 is 0 Å². The molecule has 2 atom stereocenters. The molecule has 280 valence electrons. The first-order valence-electron chi connectivity index (χ1n) is 20.3. The second-order valence-electron chi connectivity index (χ2n) is 21.6. The molecule has 53 heavy (non-hydrogen) atoms. The van der Waals surface area contributed by atoms with Crippen molar-refractivity contribution < 1.29 is 17.1 Å². The molecule has 0 heterocycles. The molecule has 0 aliphatic heterocycles. The number of hydrogen-bond acceptors (Lipinski definition) is 0. The van der Waals surface area contributed by atoms with Gasteiger partial charge in [0.1, 0.15) is 0 Å². The van der Waals surface area contributed by atoms with Crippen LogP contribution in [0.25, 0.3) is 34.4 Å². The van der Waals surface area contributed by atoms with Gasteiger partial charge in [-0.15, -0.1) is 0 Å². The quantitative estimate of drug-likeness (QED) is 0.175.